The fourth-order valence-corrected chi connectivity index (χ4v) is 4.67. The topological polar surface area (TPSA) is 92.3 Å². The monoisotopic (exact) mass is 524 g/mol. The number of ether oxygens (including phenoxy) is 2. The Morgan fingerprint density at radius 3 is 2.54 bits per heavy atom. The quantitative estimate of drug-likeness (QED) is 0.171. The number of nitro benzene ring substituents is 1. The van der Waals surface area contributed by atoms with E-state index in [1.807, 2.05) is 24.3 Å². The lowest BCUT2D eigenvalue weighted by Crippen LogP contribution is -2.31. The predicted molar refractivity (Wildman–Crippen MR) is 144 cm³/mol. The maximum atomic E-state index is 15.3. The minimum Gasteiger partial charge on any atom is -0.473 e. The van der Waals surface area contributed by atoms with Gasteiger partial charge in [0.15, 0.2) is 0 Å². The van der Waals surface area contributed by atoms with Crippen LogP contribution in [0.2, 0.25) is 0 Å². The van der Waals surface area contributed by atoms with Crippen LogP contribution in [0, 0.1) is 15.9 Å². The summed E-state index contributed by atoms with van der Waals surface area (Å²) in [5.41, 5.74) is 4.38. The first-order valence-electron chi connectivity index (χ1n) is 12.7. The number of pyridine rings is 1. The van der Waals surface area contributed by atoms with Crippen molar-refractivity contribution in [2.75, 3.05) is 6.61 Å². The molecule has 3 heterocycles. The largest absolute Gasteiger partial charge is 0.473 e. The van der Waals surface area contributed by atoms with E-state index >= 15 is 4.39 Å². The second kappa shape index (κ2) is 10.6. The highest BCUT2D eigenvalue weighted by Gasteiger charge is 2.22. The molecule has 0 N–H and O–H groups in total. The third-order valence-electron chi connectivity index (χ3n) is 6.84. The van der Waals surface area contributed by atoms with Crippen LogP contribution in [0.1, 0.15) is 23.4 Å². The highest BCUT2D eigenvalue weighted by atomic mass is 19.1. The molecule has 39 heavy (non-hydrogen) atoms. The van der Waals surface area contributed by atoms with Crippen LogP contribution in [0.15, 0.2) is 84.9 Å². The number of imidazole rings is 1. The molecule has 2 aromatic heterocycles. The average Bonchev–Trinajstić information content (AvgIpc) is 3.26. The first kappa shape index (κ1) is 24.7. The van der Waals surface area contributed by atoms with E-state index in [2.05, 4.69) is 15.6 Å². The van der Waals surface area contributed by atoms with Crippen molar-refractivity contribution in [3.63, 3.8) is 0 Å². The summed E-state index contributed by atoms with van der Waals surface area (Å²) < 4.78 is 28.9. The van der Waals surface area contributed by atoms with Crippen molar-refractivity contribution < 1.29 is 18.8 Å². The number of rotatable bonds is 9. The van der Waals surface area contributed by atoms with Gasteiger partial charge in [0, 0.05) is 36.8 Å². The molecule has 0 unspecified atom stereocenters. The number of hydrogen-bond acceptors (Lipinski definition) is 6. The lowest BCUT2D eigenvalue weighted by atomic mass is 10.1. The van der Waals surface area contributed by atoms with Crippen molar-refractivity contribution in [1.82, 2.24) is 14.5 Å². The molecule has 1 atom stereocenters. The van der Waals surface area contributed by atoms with E-state index in [0.717, 1.165) is 47.6 Å². The molecule has 8 nitrogen and oxygen atoms in total. The standard InChI is InChI=1S/C30H25FN4O4/c31-25-16-21(17-29-32-27-4-1-2-6-28(27)34(29)18-23-14-15-38-23)10-13-24(25)26-5-3-7-30(33-26)39-19-20-8-11-22(12-9-20)35(36)37/h1-13,16,23H,14-15,17-19H2/t23-/m0/s1. The van der Waals surface area contributed by atoms with Crippen LogP contribution in [0.3, 0.4) is 0 Å². The first-order valence-corrected chi connectivity index (χ1v) is 12.7. The molecule has 1 aliphatic heterocycles. The minimum atomic E-state index is -0.448. The van der Waals surface area contributed by atoms with Crippen LogP contribution in [-0.4, -0.2) is 32.2 Å². The van der Waals surface area contributed by atoms with Crippen LogP contribution in [0.5, 0.6) is 5.88 Å². The van der Waals surface area contributed by atoms with Gasteiger partial charge in [-0.3, -0.25) is 10.1 Å². The molecule has 6 rings (SSSR count). The number of aromatic nitrogens is 3. The van der Waals surface area contributed by atoms with Gasteiger partial charge in [-0.2, -0.15) is 0 Å². The highest BCUT2D eigenvalue weighted by Crippen LogP contribution is 2.27. The van der Waals surface area contributed by atoms with Gasteiger partial charge in [-0.15, -0.1) is 0 Å². The maximum absolute atomic E-state index is 15.3. The van der Waals surface area contributed by atoms with E-state index in [-0.39, 0.29) is 24.2 Å². The molecule has 9 heteroatoms. The summed E-state index contributed by atoms with van der Waals surface area (Å²) in [4.78, 5) is 19.7. The van der Waals surface area contributed by atoms with Gasteiger partial charge in [0.2, 0.25) is 5.88 Å². The predicted octanol–water partition coefficient (Wildman–Crippen LogP) is 6.10. The van der Waals surface area contributed by atoms with Crippen LogP contribution < -0.4 is 4.74 Å². The van der Waals surface area contributed by atoms with Crippen molar-refractivity contribution in [3.8, 4) is 17.1 Å². The summed E-state index contributed by atoms with van der Waals surface area (Å²) in [5, 5.41) is 10.8. The molecule has 1 fully saturated rings. The van der Waals surface area contributed by atoms with Crippen LogP contribution in [0.4, 0.5) is 10.1 Å². The molecule has 1 aliphatic rings. The average molecular weight is 525 g/mol. The third-order valence-corrected chi connectivity index (χ3v) is 6.84. The number of fused-ring (bicyclic) bond motifs is 1. The summed E-state index contributed by atoms with van der Waals surface area (Å²) in [6, 6.07) is 24.5. The Morgan fingerprint density at radius 1 is 1.00 bits per heavy atom. The van der Waals surface area contributed by atoms with Crippen molar-refractivity contribution >= 4 is 16.7 Å². The van der Waals surface area contributed by atoms with Gasteiger partial charge in [0.05, 0.1) is 34.3 Å². The van der Waals surface area contributed by atoms with Gasteiger partial charge in [-0.05, 0) is 60.0 Å². The van der Waals surface area contributed by atoms with Gasteiger partial charge in [-0.1, -0.05) is 24.3 Å². The lowest BCUT2D eigenvalue weighted by molar-refractivity contribution is -0.384. The summed E-state index contributed by atoms with van der Waals surface area (Å²) in [6.07, 6.45) is 1.70. The number of non-ortho nitro benzene ring substituents is 1. The molecule has 0 amide bonds. The van der Waals surface area contributed by atoms with Crippen molar-refractivity contribution in [1.29, 1.82) is 0 Å². The second-order valence-corrected chi connectivity index (χ2v) is 9.47. The Labute approximate surface area is 223 Å². The van der Waals surface area contributed by atoms with Gasteiger partial charge >= 0.3 is 0 Å². The number of halogens is 1. The summed E-state index contributed by atoms with van der Waals surface area (Å²) in [6.45, 7) is 1.70. The van der Waals surface area contributed by atoms with E-state index in [1.54, 1.807) is 36.4 Å². The molecular formula is C30H25FN4O4. The van der Waals surface area contributed by atoms with E-state index in [0.29, 0.717) is 23.6 Å². The SMILES string of the molecule is O=[N+]([O-])c1ccc(COc2cccc(-c3ccc(Cc4nc5ccccc5n4C[C@@H]4CCO4)cc3F)n2)cc1. The maximum Gasteiger partial charge on any atom is 0.269 e. The molecule has 5 aromatic rings. The van der Waals surface area contributed by atoms with E-state index in [4.69, 9.17) is 14.5 Å². The van der Waals surface area contributed by atoms with Gasteiger partial charge < -0.3 is 14.0 Å². The first-order chi connectivity index (χ1) is 19.0. The fourth-order valence-electron chi connectivity index (χ4n) is 4.67. The molecule has 0 bridgehead atoms. The Morgan fingerprint density at radius 2 is 1.79 bits per heavy atom. The Bertz CT molecular complexity index is 1650. The minimum absolute atomic E-state index is 0.0161. The number of benzene rings is 3. The zero-order chi connectivity index (χ0) is 26.8. The number of hydrogen-bond donors (Lipinski definition) is 0. The molecule has 0 radical (unpaired) electrons. The smallest absolute Gasteiger partial charge is 0.269 e. The number of nitro groups is 1. The van der Waals surface area contributed by atoms with Crippen LogP contribution in [0.25, 0.3) is 22.3 Å². The summed E-state index contributed by atoms with van der Waals surface area (Å²) in [7, 11) is 0. The van der Waals surface area contributed by atoms with E-state index in [1.165, 1.54) is 18.2 Å². The lowest BCUT2D eigenvalue weighted by Gasteiger charge is -2.27. The van der Waals surface area contributed by atoms with Crippen molar-refractivity contribution in [3.05, 3.63) is 118 Å². The molecule has 0 spiro atoms. The van der Waals surface area contributed by atoms with Crippen molar-refractivity contribution in [2.45, 2.75) is 32.1 Å². The molecular weight excluding hydrogens is 499 g/mol. The number of nitrogens with zero attached hydrogens (tertiary/aromatic N) is 4. The molecule has 0 saturated carbocycles. The zero-order valence-corrected chi connectivity index (χ0v) is 21.0. The summed E-state index contributed by atoms with van der Waals surface area (Å²) in [5.74, 6) is 0.831. The third kappa shape index (κ3) is 5.35. The normalized spacial score (nSPS) is 14.7. The van der Waals surface area contributed by atoms with Gasteiger partial charge in [0.1, 0.15) is 18.2 Å². The Kier molecular flexibility index (Phi) is 6.73. The zero-order valence-electron chi connectivity index (χ0n) is 21.0. The highest BCUT2D eigenvalue weighted by molar-refractivity contribution is 5.76. The fraction of sp³-hybridized carbons (Fsp3) is 0.200. The molecule has 196 valence electrons. The second-order valence-electron chi connectivity index (χ2n) is 9.47. The Hall–Kier alpha value is -4.63. The van der Waals surface area contributed by atoms with Crippen molar-refractivity contribution in [2.24, 2.45) is 0 Å². The van der Waals surface area contributed by atoms with Gasteiger partial charge in [0.25, 0.3) is 5.69 Å². The summed E-state index contributed by atoms with van der Waals surface area (Å²) >= 11 is 0. The molecule has 1 saturated heterocycles. The van der Waals surface area contributed by atoms with E-state index in [9.17, 15) is 10.1 Å². The number of para-hydroxylation sites is 2. The van der Waals surface area contributed by atoms with Gasteiger partial charge in [-0.25, -0.2) is 14.4 Å². The Balaban J connectivity index is 1.19. The van der Waals surface area contributed by atoms with E-state index < -0.39 is 4.92 Å². The molecule has 3 aromatic carbocycles. The van der Waals surface area contributed by atoms with Crippen LogP contribution in [-0.2, 0) is 24.3 Å². The van der Waals surface area contributed by atoms with Crippen LogP contribution >= 0.6 is 0 Å². The molecule has 0 aliphatic carbocycles.